The number of fused-ring (bicyclic) bond motifs is 4. The minimum absolute atomic E-state index is 0.513. The van der Waals surface area contributed by atoms with Crippen LogP contribution in [-0.2, 0) is 27.3 Å². The zero-order valence-electron chi connectivity index (χ0n) is 27.2. The summed E-state index contributed by atoms with van der Waals surface area (Å²) < 4.78 is 0. The number of halogens is 2. The van der Waals surface area contributed by atoms with E-state index in [9.17, 15) is 0 Å². The van der Waals surface area contributed by atoms with Gasteiger partial charge in [0, 0.05) is 0 Å². The average Bonchev–Trinajstić information content (AvgIpc) is 3.61. The maximum Gasteiger partial charge on any atom is 0.0920 e. The molecular formula is C40H44Cl2SiZr. The number of rotatable bonds is 7. The quantitative estimate of drug-likeness (QED) is 0.114. The summed E-state index contributed by atoms with van der Waals surface area (Å²) in [5.41, 5.74) is 11.5. The van der Waals surface area contributed by atoms with Crippen molar-refractivity contribution in [3.05, 3.63) is 113 Å². The van der Waals surface area contributed by atoms with E-state index in [0.29, 0.717) is 17.8 Å². The van der Waals surface area contributed by atoms with Crippen molar-refractivity contribution in [1.82, 2.24) is 0 Å². The third kappa shape index (κ3) is 8.50. The third-order valence-electron chi connectivity index (χ3n) is 8.36. The van der Waals surface area contributed by atoms with Gasteiger partial charge in [-0.1, -0.05) is 126 Å². The molecule has 1 heterocycles. The van der Waals surface area contributed by atoms with E-state index < -0.39 is 20.8 Å². The fraction of sp³-hybridized carbons (Fsp3) is 0.325. The van der Waals surface area contributed by atoms with E-state index in [4.69, 9.17) is 17.0 Å². The Bertz CT molecular complexity index is 1590. The van der Waals surface area contributed by atoms with E-state index in [2.05, 4.69) is 133 Å². The molecule has 4 heteroatoms. The Morgan fingerprint density at radius 1 is 0.795 bits per heavy atom. The summed E-state index contributed by atoms with van der Waals surface area (Å²) in [4.78, 5) is 0. The van der Waals surface area contributed by atoms with E-state index in [0.717, 1.165) is 9.52 Å². The molecule has 0 aromatic heterocycles. The van der Waals surface area contributed by atoms with Gasteiger partial charge in [0.2, 0.25) is 0 Å². The first-order valence-electron chi connectivity index (χ1n) is 15.9. The van der Waals surface area contributed by atoms with Gasteiger partial charge in [-0.15, -0.1) is 40.1 Å². The molecule has 0 saturated carbocycles. The molecule has 2 radical (unpaired) electrons. The van der Waals surface area contributed by atoms with Crippen LogP contribution in [0.2, 0.25) is 0 Å². The van der Waals surface area contributed by atoms with E-state index in [1.165, 1.54) is 84.9 Å². The van der Waals surface area contributed by atoms with E-state index in [-0.39, 0.29) is 0 Å². The number of unbranched alkanes of at least 4 members (excludes halogenated alkanes) is 1. The van der Waals surface area contributed by atoms with Crippen molar-refractivity contribution in [2.24, 2.45) is 0 Å². The van der Waals surface area contributed by atoms with E-state index in [1.807, 2.05) is 6.07 Å². The molecule has 226 valence electrons. The second-order valence-electron chi connectivity index (χ2n) is 12.6. The Balaban J connectivity index is 0.000000226. The Kier molecular flexibility index (Phi) is 13.3. The fourth-order valence-corrected chi connectivity index (χ4v) is 7.21. The molecule has 0 aliphatic carbocycles. The normalized spacial score (nSPS) is 11.5. The van der Waals surface area contributed by atoms with Crippen molar-refractivity contribution < 1.29 is 20.8 Å². The fourth-order valence-electron chi connectivity index (χ4n) is 5.90. The van der Waals surface area contributed by atoms with Crippen LogP contribution in [0, 0.1) is 6.07 Å². The molecule has 0 amide bonds. The van der Waals surface area contributed by atoms with Crippen molar-refractivity contribution >= 4 is 47.7 Å². The predicted molar refractivity (Wildman–Crippen MR) is 193 cm³/mol. The van der Waals surface area contributed by atoms with Crippen LogP contribution < -0.4 is 10.4 Å². The van der Waals surface area contributed by atoms with Crippen LogP contribution in [0.4, 0.5) is 0 Å². The Hall–Kier alpha value is -1.83. The van der Waals surface area contributed by atoms with Gasteiger partial charge in [-0.05, 0) is 40.9 Å². The van der Waals surface area contributed by atoms with Crippen LogP contribution in [-0.4, -0.2) is 9.52 Å². The largest absolute Gasteiger partial charge is 0.184 e. The van der Waals surface area contributed by atoms with Gasteiger partial charge in [-0.3, -0.25) is 0 Å². The van der Waals surface area contributed by atoms with Gasteiger partial charge in [0.25, 0.3) is 0 Å². The number of aryl methyl sites for hydroxylation is 1. The van der Waals surface area contributed by atoms with Crippen molar-refractivity contribution in [3.8, 4) is 22.3 Å². The van der Waals surface area contributed by atoms with Gasteiger partial charge in [0.15, 0.2) is 0 Å². The van der Waals surface area contributed by atoms with Gasteiger partial charge >= 0.3 is 37.9 Å². The van der Waals surface area contributed by atoms with Crippen LogP contribution in [0.25, 0.3) is 33.0 Å². The Morgan fingerprint density at radius 3 is 2.09 bits per heavy atom. The Labute approximate surface area is 287 Å². The second kappa shape index (κ2) is 16.6. The monoisotopic (exact) mass is 712 g/mol. The molecule has 1 aliphatic heterocycles. The van der Waals surface area contributed by atoms with Crippen LogP contribution in [0.15, 0.2) is 84.9 Å². The SMILES string of the molecule is CCCCc1cc2c(-c3cc(C(C)C)cc(C(C)C)c3)c(C(C)C)ccc2[cH-]1.[Cl][Zr+2][Cl].[c-]1cccc2c1[Si]c1ccccc1-2. The minimum Gasteiger partial charge on any atom is -0.184 e. The maximum atomic E-state index is 4.93. The zero-order valence-corrected chi connectivity index (χ0v) is 32.2. The van der Waals surface area contributed by atoms with Crippen LogP contribution in [0.3, 0.4) is 0 Å². The van der Waals surface area contributed by atoms with Gasteiger partial charge in [0.05, 0.1) is 9.52 Å². The standard InChI is InChI=1S/C28H37.C12H7Si.2ClH.Zr/c1-8-9-10-21-13-22-11-12-26(20(6)7)28(27(22)14-21)25-16-23(18(2)3)15-24(17-25)19(4)5;1-3-7-11-9(5-1)10-6-2-4-8-12(10)13-11;;;/h11-20H,8-10H2,1-7H3;1-7H;2*1H;/q2*-1;;;+4/p-2. The molecule has 0 spiro atoms. The van der Waals surface area contributed by atoms with E-state index in [1.54, 1.807) is 0 Å². The molecule has 6 rings (SSSR count). The summed E-state index contributed by atoms with van der Waals surface area (Å²) in [6.45, 7) is 16.1. The van der Waals surface area contributed by atoms with E-state index >= 15 is 0 Å². The first-order chi connectivity index (χ1) is 21.2. The summed E-state index contributed by atoms with van der Waals surface area (Å²) >= 11 is -0.826. The molecule has 5 aromatic rings. The minimum atomic E-state index is -0.826. The molecule has 0 fully saturated rings. The van der Waals surface area contributed by atoms with Crippen molar-refractivity contribution in [2.75, 3.05) is 0 Å². The van der Waals surface area contributed by atoms with Gasteiger partial charge in [0.1, 0.15) is 0 Å². The third-order valence-corrected chi connectivity index (χ3v) is 9.72. The molecule has 0 nitrogen and oxygen atoms in total. The summed E-state index contributed by atoms with van der Waals surface area (Å²) in [5, 5.41) is 5.66. The molecule has 44 heavy (non-hydrogen) atoms. The van der Waals surface area contributed by atoms with Crippen LogP contribution in [0.5, 0.6) is 0 Å². The summed E-state index contributed by atoms with van der Waals surface area (Å²) in [6, 6.07) is 35.0. The van der Waals surface area contributed by atoms with Gasteiger partial charge in [-0.2, -0.15) is 35.5 Å². The summed E-state index contributed by atoms with van der Waals surface area (Å²) in [6.07, 6.45) is 3.70. The smallest absolute Gasteiger partial charge is 0.0920 e. The second-order valence-corrected chi connectivity index (χ2v) is 17.6. The molecule has 0 bridgehead atoms. The van der Waals surface area contributed by atoms with Crippen LogP contribution >= 0.6 is 17.0 Å². The van der Waals surface area contributed by atoms with Crippen LogP contribution in [0.1, 0.15) is 101 Å². The number of hydrogen-bond donors (Lipinski definition) is 0. The van der Waals surface area contributed by atoms with Crippen molar-refractivity contribution in [3.63, 3.8) is 0 Å². The van der Waals surface area contributed by atoms with Gasteiger partial charge in [-0.25, -0.2) is 0 Å². The van der Waals surface area contributed by atoms with Crippen molar-refractivity contribution in [2.45, 2.75) is 85.5 Å². The number of hydrogen-bond acceptors (Lipinski definition) is 0. The molecule has 5 aromatic carbocycles. The number of benzene rings is 4. The molecule has 0 atom stereocenters. The molecule has 1 aliphatic rings. The van der Waals surface area contributed by atoms with Crippen molar-refractivity contribution in [1.29, 1.82) is 0 Å². The molecule has 0 unspecified atom stereocenters. The Morgan fingerprint density at radius 2 is 1.45 bits per heavy atom. The predicted octanol–water partition coefficient (Wildman–Crippen LogP) is 11.4. The first kappa shape index (κ1) is 35.0. The topological polar surface area (TPSA) is 0 Å². The van der Waals surface area contributed by atoms with Gasteiger partial charge < -0.3 is 0 Å². The zero-order chi connectivity index (χ0) is 31.8. The molecular weight excluding hydrogens is 671 g/mol. The molecule has 0 saturated heterocycles. The maximum absolute atomic E-state index is 4.93. The summed E-state index contributed by atoms with van der Waals surface area (Å²) in [7, 11) is 10.7. The average molecular weight is 715 g/mol. The summed E-state index contributed by atoms with van der Waals surface area (Å²) in [5.74, 6) is 1.59. The first-order valence-corrected chi connectivity index (χ1v) is 23.2. The molecule has 0 N–H and O–H groups in total.